The zero-order valence-corrected chi connectivity index (χ0v) is 15.0. The Kier molecular flexibility index (Phi) is 6.09. The van der Waals surface area contributed by atoms with Crippen LogP contribution in [0.1, 0.15) is 11.3 Å². The van der Waals surface area contributed by atoms with E-state index < -0.39 is 0 Å². The van der Waals surface area contributed by atoms with Crippen molar-refractivity contribution in [3.63, 3.8) is 0 Å². The van der Waals surface area contributed by atoms with Crippen LogP contribution in [0.5, 0.6) is 5.75 Å². The third-order valence-corrected chi connectivity index (χ3v) is 4.99. The normalized spacial score (nSPS) is 11.9. The molecular formula is C18H18ClN3O2S. The highest BCUT2D eigenvalue weighted by Crippen LogP contribution is 2.24. The number of carbonyl (C=O) groups is 1. The van der Waals surface area contributed by atoms with Crippen LogP contribution >= 0.6 is 22.9 Å². The van der Waals surface area contributed by atoms with E-state index in [9.17, 15) is 4.79 Å². The van der Waals surface area contributed by atoms with Crippen molar-refractivity contribution in [3.8, 4) is 5.75 Å². The number of imidazole rings is 1. The Morgan fingerprint density at radius 2 is 2.12 bits per heavy atom. The predicted molar refractivity (Wildman–Crippen MR) is 100 cm³/mol. The maximum absolute atomic E-state index is 10.5. The largest absolute Gasteiger partial charge is 0.489 e. The van der Waals surface area contributed by atoms with Gasteiger partial charge >= 0.3 is 0 Å². The van der Waals surface area contributed by atoms with Crippen LogP contribution in [-0.2, 0) is 17.8 Å². The third kappa shape index (κ3) is 5.34. The molecule has 1 amide bonds. The van der Waals surface area contributed by atoms with Crippen LogP contribution in [-0.4, -0.2) is 22.1 Å². The van der Waals surface area contributed by atoms with Crippen LogP contribution in [0.2, 0.25) is 4.34 Å². The number of thiophene rings is 1. The van der Waals surface area contributed by atoms with E-state index in [-0.39, 0.29) is 6.10 Å². The Morgan fingerprint density at radius 1 is 1.28 bits per heavy atom. The molecule has 2 aromatic heterocycles. The number of rotatable bonds is 9. The van der Waals surface area contributed by atoms with Gasteiger partial charge in [-0.1, -0.05) is 11.6 Å². The summed E-state index contributed by atoms with van der Waals surface area (Å²) in [5.74, 6) is 0.769. The number of hydrogen-bond donors (Lipinski definition) is 1. The van der Waals surface area contributed by atoms with Crippen molar-refractivity contribution in [1.82, 2.24) is 9.55 Å². The van der Waals surface area contributed by atoms with Gasteiger partial charge in [-0.3, -0.25) is 4.79 Å². The number of hydrogen-bond acceptors (Lipinski definition) is 4. The summed E-state index contributed by atoms with van der Waals surface area (Å²) in [6.45, 7) is 0.716. The van der Waals surface area contributed by atoms with Crippen LogP contribution in [0.4, 0.5) is 5.69 Å². The fraction of sp³-hybridized carbons (Fsp3) is 0.222. The Hall–Kier alpha value is -2.31. The van der Waals surface area contributed by atoms with Gasteiger partial charge in [-0.05, 0) is 49.2 Å². The number of carbonyl (C=O) groups excluding carboxylic acids is 1. The molecule has 5 nitrogen and oxygen atoms in total. The second-order valence-corrected chi connectivity index (χ2v) is 7.33. The second kappa shape index (κ2) is 8.69. The molecule has 0 spiro atoms. The van der Waals surface area contributed by atoms with Crippen molar-refractivity contribution in [2.75, 3.05) is 5.32 Å². The number of benzene rings is 1. The molecule has 0 fully saturated rings. The quantitative estimate of drug-likeness (QED) is 0.569. The first-order valence-corrected chi connectivity index (χ1v) is 9.09. The summed E-state index contributed by atoms with van der Waals surface area (Å²) < 4.78 is 8.97. The van der Waals surface area contributed by atoms with Gasteiger partial charge in [-0.25, -0.2) is 4.98 Å². The maximum atomic E-state index is 10.5. The lowest BCUT2D eigenvalue weighted by atomic mass is 10.1. The smallest absolute Gasteiger partial charge is 0.211 e. The summed E-state index contributed by atoms with van der Waals surface area (Å²) in [5, 5.41) is 2.61. The molecule has 0 saturated heterocycles. The molecule has 0 aliphatic carbocycles. The Morgan fingerprint density at radius 3 is 2.76 bits per heavy atom. The second-order valence-electron chi connectivity index (χ2n) is 5.53. The summed E-state index contributed by atoms with van der Waals surface area (Å²) in [4.78, 5) is 15.8. The summed E-state index contributed by atoms with van der Waals surface area (Å²) in [5.41, 5.74) is 0.738. The average molecular weight is 376 g/mol. The highest BCUT2D eigenvalue weighted by atomic mass is 35.5. The van der Waals surface area contributed by atoms with Crippen molar-refractivity contribution in [3.05, 3.63) is 64.3 Å². The number of aromatic nitrogens is 2. The molecule has 130 valence electrons. The molecule has 1 N–H and O–H groups in total. The molecule has 3 rings (SSSR count). The number of ether oxygens (including phenoxy) is 1. The van der Waals surface area contributed by atoms with Crippen LogP contribution < -0.4 is 10.1 Å². The van der Waals surface area contributed by atoms with E-state index in [1.165, 1.54) is 4.88 Å². The summed E-state index contributed by atoms with van der Waals surface area (Å²) in [6, 6.07) is 11.3. The molecule has 0 radical (unpaired) electrons. The molecule has 7 heteroatoms. The lowest BCUT2D eigenvalue weighted by molar-refractivity contribution is -0.105. The average Bonchev–Trinajstić information content (AvgIpc) is 3.26. The minimum absolute atomic E-state index is 0.0000410. The van der Waals surface area contributed by atoms with Gasteiger partial charge in [-0.2, -0.15) is 0 Å². The number of halogens is 1. The van der Waals surface area contributed by atoms with Gasteiger partial charge in [0.15, 0.2) is 0 Å². The van der Waals surface area contributed by atoms with Gasteiger partial charge in [0.05, 0.1) is 17.2 Å². The Labute approximate surface area is 155 Å². The van der Waals surface area contributed by atoms with Crippen molar-refractivity contribution in [2.24, 2.45) is 0 Å². The monoisotopic (exact) mass is 375 g/mol. The van der Waals surface area contributed by atoms with Crippen LogP contribution in [0.3, 0.4) is 0 Å². The molecule has 1 aromatic carbocycles. The number of amides is 1. The minimum atomic E-state index is -0.0000410. The first-order chi connectivity index (χ1) is 12.2. The zero-order chi connectivity index (χ0) is 17.5. The molecule has 0 aliphatic rings. The van der Waals surface area contributed by atoms with E-state index in [1.807, 2.05) is 41.1 Å². The van der Waals surface area contributed by atoms with E-state index in [0.29, 0.717) is 13.0 Å². The van der Waals surface area contributed by atoms with E-state index >= 15 is 0 Å². The SMILES string of the molecule is O=CNc1ccc(OC(CCc2ccc(Cl)s2)Cn2ccnc2)cc1. The molecule has 0 aliphatic heterocycles. The molecule has 0 bridgehead atoms. The zero-order valence-electron chi connectivity index (χ0n) is 13.5. The minimum Gasteiger partial charge on any atom is -0.489 e. The van der Waals surface area contributed by atoms with Gasteiger partial charge in [0.25, 0.3) is 0 Å². The van der Waals surface area contributed by atoms with Crippen molar-refractivity contribution in [2.45, 2.75) is 25.5 Å². The van der Waals surface area contributed by atoms with Crippen LogP contribution in [0.25, 0.3) is 0 Å². The lowest BCUT2D eigenvalue weighted by Crippen LogP contribution is -2.23. The lowest BCUT2D eigenvalue weighted by Gasteiger charge is -2.19. The predicted octanol–water partition coefficient (Wildman–Crippen LogP) is 4.25. The Balaban J connectivity index is 1.65. The number of anilines is 1. The van der Waals surface area contributed by atoms with Crippen molar-refractivity contribution < 1.29 is 9.53 Å². The standard InChI is InChI=1S/C18H18ClN3O2S/c19-18-8-7-17(25-18)6-5-16(11-22-10-9-20-12-22)24-15-3-1-14(2-4-15)21-13-23/h1-4,7-10,12-13,16H,5-6,11H2,(H,21,23). The fourth-order valence-corrected chi connectivity index (χ4v) is 3.60. The van der Waals surface area contributed by atoms with Crippen molar-refractivity contribution >= 4 is 35.0 Å². The summed E-state index contributed by atoms with van der Waals surface area (Å²) in [7, 11) is 0. The molecule has 3 aromatic rings. The highest BCUT2D eigenvalue weighted by Gasteiger charge is 2.13. The van der Waals surface area contributed by atoms with E-state index in [4.69, 9.17) is 16.3 Å². The fourth-order valence-electron chi connectivity index (χ4n) is 2.50. The highest BCUT2D eigenvalue weighted by molar-refractivity contribution is 7.16. The summed E-state index contributed by atoms with van der Waals surface area (Å²) >= 11 is 7.61. The van der Waals surface area contributed by atoms with E-state index in [1.54, 1.807) is 23.9 Å². The molecule has 0 saturated carbocycles. The van der Waals surface area contributed by atoms with Gasteiger partial charge in [0.1, 0.15) is 11.9 Å². The first kappa shape index (κ1) is 17.5. The van der Waals surface area contributed by atoms with Gasteiger partial charge in [0, 0.05) is 23.0 Å². The number of aryl methyl sites for hydroxylation is 1. The molecule has 1 atom stereocenters. The van der Waals surface area contributed by atoms with Crippen LogP contribution in [0.15, 0.2) is 55.1 Å². The number of nitrogens with zero attached hydrogens (tertiary/aromatic N) is 2. The molecule has 2 heterocycles. The third-order valence-electron chi connectivity index (χ3n) is 3.70. The maximum Gasteiger partial charge on any atom is 0.211 e. The van der Waals surface area contributed by atoms with Gasteiger partial charge < -0.3 is 14.6 Å². The molecular weight excluding hydrogens is 358 g/mol. The summed E-state index contributed by atoms with van der Waals surface area (Å²) in [6.07, 6.45) is 7.90. The topological polar surface area (TPSA) is 56.1 Å². The van der Waals surface area contributed by atoms with Crippen molar-refractivity contribution in [1.29, 1.82) is 0 Å². The molecule has 25 heavy (non-hydrogen) atoms. The molecule has 1 unspecified atom stereocenters. The first-order valence-electron chi connectivity index (χ1n) is 7.90. The Bertz CT molecular complexity index is 787. The van der Waals surface area contributed by atoms with Gasteiger partial charge in [-0.15, -0.1) is 11.3 Å². The number of nitrogens with one attached hydrogen (secondary N) is 1. The van der Waals surface area contributed by atoms with Crippen LogP contribution in [0, 0.1) is 0 Å². The van der Waals surface area contributed by atoms with E-state index in [0.717, 1.165) is 28.6 Å². The van der Waals surface area contributed by atoms with Gasteiger partial charge in [0.2, 0.25) is 6.41 Å². The van der Waals surface area contributed by atoms with E-state index in [2.05, 4.69) is 16.4 Å².